The summed E-state index contributed by atoms with van der Waals surface area (Å²) in [5, 5.41) is 27.2. The number of aliphatic hydroxyl groups is 1. The Morgan fingerprint density at radius 3 is 2.53 bits per heavy atom. The van der Waals surface area contributed by atoms with Crippen LogP contribution in [0, 0.1) is 5.92 Å². The number of anilines is 1. The number of esters is 1. The van der Waals surface area contributed by atoms with Crippen LogP contribution in [0.2, 0.25) is 5.04 Å². The highest BCUT2D eigenvalue weighted by Gasteiger charge is 2.61. The van der Waals surface area contributed by atoms with Crippen LogP contribution in [0.3, 0.4) is 0 Å². The number of rotatable bonds is 10. The molecular weight excluding hydrogens is 648 g/mol. The van der Waals surface area contributed by atoms with Crippen molar-refractivity contribution in [1.82, 2.24) is 25.3 Å². The van der Waals surface area contributed by atoms with Gasteiger partial charge in [-0.25, -0.2) is 19.4 Å². The number of hydrogen-bond acceptors (Lipinski definition) is 11. The van der Waals surface area contributed by atoms with Crippen LogP contribution in [0.15, 0.2) is 53.6 Å². The molecule has 5 atom stereocenters. The molecule has 14 nitrogen and oxygen atoms in total. The molecule has 3 heterocycles. The molecule has 5 rings (SSSR count). The summed E-state index contributed by atoms with van der Waals surface area (Å²) in [6.45, 7) is 14.9. The Balaban J connectivity index is 1.48. The van der Waals surface area contributed by atoms with E-state index in [9.17, 15) is 19.5 Å². The van der Waals surface area contributed by atoms with Crippen molar-refractivity contribution < 1.29 is 33.3 Å². The summed E-state index contributed by atoms with van der Waals surface area (Å²) in [5.41, 5.74) is 4.44. The molecule has 264 valence electrons. The summed E-state index contributed by atoms with van der Waals surface area (Å²) in [5.74, 6) is -1.17. The third-order valence-corrected chi connectivity index (χ3v) is 10.3. The van der Waals surface area contributed by atoms with Gasteiger partial charge in [-0.2, -0.15) is 10.2 Å². The van der Waals surface area contributed by atoms with Crippen LogP contribution >= 0.6 is 0 Å². The fourth-order valence-corrected chi connectivity index (χ4v) is 6.82. The largest absolute Gasteiger partial charge is 0.455 e. The number of hydrogen-bond donors (Lipinski definition) is 4. The molecule has 0 aliphatic carbocycles. The molecule has 1 aliphatic rings. The highest BCUT2D eigenvalue weighted by Crippen LogP contribution is 2.45. The number of aromatic amines is 1. The number of amides is 1. The number of carbonyl (C=O) groups excluding carboxylic acids is 2. The van der Waals surface area contributed by atoms with Crippen LogP contribution in [-0.4, -0.2) is 76.4 Å². The van der Waals surface area contributed by atoms with Gasteiger partial charge in [0.05, 0.1) is 17.2 Å². The van der Waals surface area contributed by atoms with Gasteiger partial charge in [-0.15, -0.1) is 0 Å². The standard InChI is InChI=1S/C34H46N6O8Si/c1-18(2)25(37-31(43)45-17-19-12-10-9-11-13-19)29(42)46-27-26(33(6,7)48-49-32(3,4)5)47-30(34(27,8)44)40-16-21-22(35)14-20-24(21)23(39-40)15-36-38-28(20)41/h9-16,18,25-27,30,44H,17,35,49H2,1-8H3,(H,37,43)(H,38,41). The average molecular weight is 695 g/mol. The number of nitrogens with two attached hydrogens (primary N) is 1. The average Bonchev–Trinajstić information content (AvgIpc) is 3.44. The molecule has 4 aromatic rings. The number of aromatic nitrogens is 4. The lowest BCUT2D eigenvalue weighted by molar-refractivity contribution is -0.171. The SMILES string of the molecule is CC(C)C(NC(=O)OCc1ccccc1)C(=O)OC1C(C(C)(C)O[SiH2]C(C)(C)C)OC(n2cc3c(N)cc4c(=O)[nH]ncc(n2)c34)C1(C)O. The first-order valence-electron chi connectivity index (χ1n) is 16.2. The zero-order valence-electron chi connectivity index (χ0n) is 29.1. The molecule has 49 heavy (non-hydrogen) atoms. The monoisotopic (exact) mass is 694 g/mol. The zero-order chi connectivity index (χ0) is 35.9. The Morgan fingerprint density at radius 1 is 1.18 bits per heavy atom. The molecule has 0 saturated carbocycles. The molecule has 0 bridgehead atoms. The van der Waals surface area contributed by atoms with Crippen LogP contribution in [0.5, 0.6) is 0 Å². The third kappa shape index (κ3) is 7.64. The molecule has 2 aromatic heterocycles. The normalized spacial score (nSPS) is 22.3. The van der Waals surface area contributed by atoms with Crippen molar-refractivity contribution in [3.8, 4) is 0 Å². The van der Waals surface area contributed by atoms with Crippen molar-refractivity contribution in [3.05, 3.63) is 64.7 Å². The van der Waals surface area contributed by atoms with Crippen LogP contribution in [0.25, 0.3) is 21.7 Å². The van der Waals surface area contributed by atoms with E-state index in [1.807, 2.05) is 44.2 Å². The fourth-order valence-electron chi connectivity index (χ4n) is 5.85. The number of nitrogens with zero attached hydrogens (tertiary/aromatic N) is 3. The molecule has 1 amide bonds. The van der Waals surface area contributed by atoms with Gasteiger partial charge >= 0.3 is 12.1 Å². The molecule has 0 spiro atoms. The topological polar surface area (TPSA) is 193 Å². The maximum Gasteiger partial charge on any atom is 0.408 e. The number of carbonyl (C=O) groups is 2. The summed E-state index contributed by atoms with van der Waals surface area (Å²) >= 11 is 0. The van der Waals surface area contributed by atoms with Crippen molar-refractivity contribution in [2.75, 3.05) is 5.73 Å². The van der Waals surface area contributed by atoms with Crippen molar-refractivity contribution in [2.24, 2.45) is 5.92 Å². The Hall–Kier alpha value is -4.31. The van der Waals surface area contributed by atoms with Crippen molar-refractivity contribution in [2.45, 2.75) is 103 Å². The van der Waals surface area contributed by atoms with Gasteiger partial charge in [0, 0.05) is 22.7 Å². The molecule has 2 aromatic carbocycles. The maximum atomic E-state index is 13.9. The van der Waals surface area contributed by atoms with Gasteiger partial charge in [0.2, 0.25) is 0 Å². The first-order valence-corrected chi connectivity index (χ1v) is 17.5. The number of benzene rings is 1. The zero-order valence-corrected chi connectivity index (χ0v) is 30.6. The van der Waals surface area contributed by atoms with Crippen LogP contribution in [0.4, 0.5) is 10.5 Å². The first-order chi connectivity index (χ1) is 22.9. The third-order valence-electron chi connectivity index (χ3n) is 8.57. The first kappa shape index (κ1) is 36.0. The van der Waals surface area contributed by atoms with E-state index < -0.39 is 69.0 Å². The van der Waals surface area contributed by atoms with Gasteiger partial charge in [-0.1, -0.05) is 65.0 Å². The molecule has 15 heteroatoms. The minimum absolute atomic E-state index is 0.0194. The minimum Gasteiger partial charge on any atom is -0.455 e. The number of nitrogen functional groups attached to an aromatic ring is 1. The summed E-state index contributed by atoms with van der Waals surface area (Å²) in [6, 6.07) is 9.61. The van der Waals surface area contributed by atoms with Gasteiger partial charge < -0.3 is 34.8 Å². The van der Waals surface area contributed by atoms with Crippen LogP contribution < -0.4 is 16.6 Å². The summed E-state index contributed by atoms with van der Waals surface area (Å²) in [7, 11) is -1.14. The molecule has 1 fully saturated rings. The quantitative estimate of drug-likeness (QED) is 0.140. The van der Waals surface area contributed by atoms with Gasteiger partial charge in [-0.05, 0) is 43.4 Å². The van der Waals surface area contributed by atoms with E-state index in [0.29, 0.717) is 27.4 Å². The second-order valence-electron chi connectivity index (χ2n) is 14.9. The lowest BCUT2D eigenvalue weighted by atomic mass is 9.88. The molecule has 1 aliphatic heterocycles. The predicted octanol–water partition coefficient (Wildman–Crippen LogP) is 3.46. The van der Waals surface area contributed by atoms with E-state index >= 15 is 0 Å². The Bertz CT molecular complexity index is 1880. The summed E-state index contributed by atoms with van der Waals surface area (Å²) in [4.78, 5) is 39.3. The predicted molar refractivity (Wildman–Crippen MR) is 186 cm³/mol. The maximum absolute atomic E-state index is 13.9. The van der Waals surface area contributed by atoms with Gasteiger partial charge in [0.1, 0.15) is 29.9 Å². The molecule has 0 radical (unpaired) electrons. The fraction of sp³-hybridized carbons (Fsp3) is 0.500. The highest BCUT2D eigenvalue weighted by atomic mass is 28.2. The van der Waals surface area contributed by atoms with Crippen LogP contribution in [0.1, 0.15) is 67.2 Å². The van der Waals surface area contributed by atoms with E-state index in [1.165, 1.54) is 17.8 Å². The molecule has 5 N–H and O–H groups in total. The van der Waals surface area contributed by atoms with Gasteiger partial charge in [0.15, 0.2) is 22.1 Å². The summed E-state index contributed by atoms with van der Waals surface area (Å²) in [6.07, 6.45) is -1.26. The number of H-pyrrole nitrogens is 1. The van der Waals surface area contributed by atoms with Crippen molar-refractivity contribution in [1.29, 1.82) is 0 Å². The van der Waals surface area contributed by atoms with Crippen LogP contribution in [-0.2, 0) is 30.0 Å². The second-order valence-corrected chi connectivity index (χ2v) is 17.6. The van der Waals surface area contributed by atoms with E-state index in [1.54, 1.807) is 26.1 Å². The summed E-state index contributed by atoms with van der Waals surface area (Å²) < 4.78 is 25.9. The highest BCUT2D eigenvalue weighted by molar-refractivity contribution is 6.31. The second kappa shape index (κ2) is 13.5. The number of alkyl carbamates (subject to hydrolysis) is 1. The van der Waals surface area contributed by atoms with E-state index in [4.69, 9.17) is 24.4 Å². The number of ether oxygens (including phenoxy) is 3. The molecule has 1 saturated heterocycles. The lowest BCUT2D eigenvalue weighted by Crippen LogP contribution is -2.56. The Kier molecular flexibility index (Phi) is 9.94. The van der Waals surface area contributed by atoms with E-state index in [0.717, 1.165) is 5.56 Å². The minimum atomic E-state index is -1.88. The Labute approximate surface area is 286 Å². The lowest BCUT2D eigenvalue weighted by Gasteiger charge is -2.38. The van der Waals surface area contributed by atoms with E-state index in [-0.39, 0.29) is 11.6 Å². The van der Waals surface area contributed by atoms with Crippen molar-refractivity contribution in [3.63, 3.8) is 0 Å². The van der Waals surface area contributed by atoms with Gasteiger partial charge in [0.25, 0.3) is 5.56 Å². The van der Waals surface area contributed by atoms with E-state index in [2.05, 4.69) is 41.4 Å². The molecular formula is C34H46N6O8Si. The smallest absolute Gasteiger partial charge is 0.408 e. The van der Waals surface area contributed by atoms with Crippen molar-refractivity contribution >= 4 is 49.2 Å². The van der Waals surface area contributed by atoms with Gasteiger partial charge in [-0.3, -0.25) is 4.79 Å². The molecule has 5 unspecified atom stereocenters. The Morgan fingerprint density at radius 2 is 1.88 bits per heavy atom. The number of nitrogens with one attached hydrogen (secondary N) is 2.